The summed E-state index contributed by atoms with van der Waals surface area (Å²) >= 11 is 0. The molecule has 0 bridgehead atoms. The Labute approximate surface area is 451 Å². The highest BCUT2D eigenvalue weighted by atomic mass is 15.0. The summed E-state index contributed by atoms with van der Waals surface area (Å²) in [6.07, 6.45) is 0. The van der Waals surface area contributed by atoms with Gasteiger partial charge in [-0.05, 0) is 162 Å². The summed E-state index contributed by atoms with van der Waals surface area (Å²) in [6, 6.07) is 58.2. The summed E-state index contributed by atoms with van der Waals surface area (Å²) in [7, 11) is 0. The van der Waals surface area contributed by atoms with E-state index in [1.807, 2.05) is 0 Å². The minimum absolute atomic E-state index is 0.0119. The second-order valence-corrected chi connectivity index (χ2v) is 28.4. The van der Waals surface area contributed by atoms with Crippen LogP contribution in [0.2, 0.25) is 0 Å². The molecule has 15 aromatic rings. The minimum Gasteiger partial charge on any atom is -0.308 e. The van der Waals surface area contributed by atoms with Crippen LogP contribution in [0.5, 0.6) is 0 Å². The Morgan fingerprint density at radius 3 is 0.883 bits per heavy atom. The minimum atomic E-state index is -0.0586. The molecule has 0 aliphatic rings. The van der Waals surface area contributed by atoms with Gasteiger partial charge in [0.2, 0.25) is 0 Å². The smallest absolute Gasteiger partial charge is 0.0620 e. The first-order valence-electron chi connectivity index (χ1n) is 28.2. The molecule has 0 atom stereocenters. The highest BCUT2D eigenvalue weighted by Crippen LogP contribution is 2.50. The average Bonchev–Trinajstić information content (AvgIpc) is 4.38. The zero-order chi connectivity index (χ0) is 53.5. The van der Waals surface area contributed by atoms with Crippen LogP contribution in [-0.2, 0) is 27.1 Å². The van der Waals surface area contributed by atoms with E-state index in [9.17, 15) is 0 Å². The van der Waals surface area contributed by atoms with Crippen molar-refractivity contribution in [1.82, 2.24) is 13.2 Å². The summed E-state index contributed by atoms with van der Waals surface area (Å²) in [5.74, 6) is 0. The number of hydrogen-bond acceptors (Lipinski definition) is 0. The Hall–Kier alpha value is -7.62. The first-order chi connectivity index (χ1) is 36.3. The van der Waals surface area contributed by atoms with Crippen LogP contribution in [-0.4, -0.2) is 13.2 Å². The number of aromatic nitrogens is 3. The predicted molar refractivity (Wildman–Crippen MR) is 335 cm³/mol. The molecule has 6 heterocycles. The third kappa shape index (κ3) is 6.44. The van der Waals surface area contributed by atoms with E-state index in [4.69, 9.17) is 0 Å². The molecule has 0 amide bonds. The second-order valence-electron chi connectivity index (χ2n) is 28.4. The van der Waals surface area contributed by atoms with Crippen LogP contribution in [0.1, 0.15) is 132 Å². The molecule has 9 aromatic carbocycles. The molecule has 0 saturated heterocycles. The van der Waals surface area contributed by atoms with Gasteiger partial charge < -0.3 is 13.2 Å². The lowest BCUT2D eigenvalue weighted by Crippen LogP contribution is -2.11. The highest BCUT2D eigenvalue weighted by Gasteiger charge is 2.29. The normalized spacial score (nSPS) is 13.9. The Morgan fingerprint density at radius 2 is 0.468 bits per heavy atom. The maximum absolute atomic E-state index is 2.64. The van der Waals surface area contributed by atoms with Crippen LogP contribution in [0.4, 0.5) is 0 Å². The van der Waals surface area contributed by atoms with E-state index in [0.29, 0.717) is 0 Å². The van der Waals surface area contributed by atoms with Crippen molar-refractivity contribution in [3.05, 3.63) is 173 Å². The van der Waals surface area contributed by atoms with Gasteiger partial charge in [-0.25, -0.2) is 0 Å². The molecule has 0 radical (unpaired) electrons. The van der Waals surface area contributed by atoms with Crippen LogP contribution in [0.15, 0.2) is 146 Å². The Kier molecular flexibility index (Phi) is 8.90. The average molecular weight is 1000 g/mol. The van der Waals surface area contributed by atoms with Crippen LogP contribution >= 0.6 is 0 Å². The molecule has 0 fully saturated rings. The summed E-state index contributed by atoms with van der Waals surface area (Å²) in [4.78, 5) is 0. The maximum Gasteiger partial charge on any atom is 0.0620 e. The van der Waals surface area contributed by atoms with E-state index >= 15 is 0 Å². The van der Waals surface area contributed by atoms with Crippen LogP contribution < -0.4 is 0 Å². The number of benzene rings is 9. The zero-order valence-corrected chi connectivity index (χ0v) is 47.7. The molecule has 0 aliphatic carbocycles. The summed E-state index contributed by atoms with van der Waals surface area (Å²) in [5.41, 5.74) is 23.4. The van der Waals surface area contributed by atoms with Gasteiger partial charge in [-0.2, -0.15) is 0 Å². The molecule has 0 spiro atoms. The Balaban J connectivity index is 1.06. The molecule has 0 unspecified atom stereocenters. The van der Waals surface area contributed by atoms with Crippen LogP contribution in [0.3, 0.4) is 0 Å². The summed E-state index contributed by atoms with van der Waals surface area (Å²) < 4.78 is 7.83. The van der Waals surface area contributed by atoms with Crippen molar-refractivity contribution in [2.24, 2.45) is 0 Å². The van der Waals surface area contributed by atoms with Crippen molar-refractivity contribution in [3.8, 4) is 22.3 Å². The Morgan fingerprint density at radius 1 is 0.195 bits per heavy atom. The van der Waals surface area contributed by atoms with Gasteiger partial charge in [-0.15, -0.1) is 0 Å². The molecule has 380 valence electrons. The van der Waals surface area contributed by atoms with Gasteiger partial charge in [-0.3, -0.25) is 0 Å². The SMILES string of the molecule is CC(C)(C)c1ccc(-c2ccc3c(c2)c2cc(-c4ccc(C(C)(C)C)cc4)cc4c5cc6c(cc5n3c24)c2cc(C(C)(C)C)cc3c4cc5c7cc(C(C)(C)C)cc8c9cc(C(C)(C)C)ccc9n(c5cc4n6c23)c87)cc1. The lowest BCUT2D eigenvalue weighted by Gasteiger charge is -2.20. The molecule has 0 aliphatic heterocycles. The molecule has 6 aromatic heterocycles. The molecule has 3 nitrogen and oxygen atoms in total. The summed E-state index contributed by atoms with van der Waals surface area (Å²) in [6.45, 7) is 35.0. The first kappa shape index (κ1) is 46.7. The topological polar surface area (TPSA) is 13.2 Å². The molecule has 77 heavy (non-hydrogen) atoms. The lowest BCUT2D eigenvalue weighted by atomic mass is 9.84. The standard InChI is InChI=1S/C74H69N3/c1-70(2,3)44-21-16-40(17-22-44)42-20-26-61-49(28-42)55-29-43(41-18-23-45(24-19-41)71(4,5)6)30-56-53-37-64-54(38-63(53)75(61)67(55)56)60-35-48(74(13,14)15)34-59-52-36-51-58-33-47(73(10,11)12)32-57-50-31-46(72(7,8)9)25-27-62(50)76(68(57)58)65(51)39-66(52)77(64)69(59)60/h16-39H,1-15H3. The first-order valence-corrected chi connectivity index (χ1v) is 28.2. The third-order valence-corrected chi connectivity index (χ3v) is 18.2. The van der Waals surface area contributed by atoms with Crippen molar-refractivity contribution in [1.29, 1.82) is 0 Å². The largest absolute Gasteiger partial charge is 0.308 e. The molecular formula is C74H69N3. The number of hydrogen-bond donors (Lipinski definition) is 0. The molecule has 0 saturated carbocycles. The summed E-state index contributed by atoms with van der Waals surface area (Å²) in [5, 5.41) is 15.8. The van der Waals surface area contributed by atoms with E-state index in [1.54, 1.807) is 0 Å². The predicted octanol–water partition coefficient (Wildman–Crippen LogP) is 21.0. The van der Waals surface area contributed by atoms with Gasteiger partial charge >= 0.3 is 0 Å². The lowest BCUT2D eigenvalue weighted by molar-refractivity contribution is 0.590. The van der Waals surface area contributed by atoms with Crippen molar-refractivity contribution in [3.63, 3.8) is 0 Å². The molecule has 15 rings (SSSR count). The number of fused-ring (bicyclic) bond motifs is 18. The van der Waals surface area contributed by atoms with Gasteiger partial charge in [0, 0.05) is 64.6 Å². The highest BCUT2D eigenvalue weighted by molar-refractivity contribution is 6.32. The fraction of sp³-hybridized carbons (Fsp3) is 0.270. The van der Waals surface area contributed by atoms with E-state index in [1.165, 1.54) is 164 Å². The van der Waals surface area contributed by atoms with Gasteiger partial charge in [0.25, 0.3) is 0 Å². The van der Waals surface area contributed by atoms with E-state index in [-0.39, 0.29) is 27.1 Å². The maximum atomic E-state index is 2.64. The third-order valence-electron chi connectivity index (χ3n) is 18.2. The zero-order valence-electron chi connectivity index (χ0n) is 47.7. The van der Waals surface area contributed by atoms with Crippen molar-refractivity contribution in [2.45, 2.75) is 131 Å². The number of nitrogens with zero attached hydrogens (tertiary/aromatic N) is 3. The number of rotatable bonds is 2. The van der Waals surface area contributed by atoms with Gasteiger partial charge in [0.05, 0.1) is 49.7 Å². The van der Waals surface area contributed by atoms with Crippen LogP contribution in [0.25, 0.3) is 137 Å². The van der Waals surface area contributed by atoms with Crippen molar-refractivity contribution >= 4 is 114 Å². The fourth-order valence-corrected chi connectivity index (χ4v) is 13.6. The fourth-order valence-electron chi connectivity index (χ4n) is 13.6. The van der Waals surface area contributed by atoms with Gasteiger partial charge in [0.15, 0.2) is 0 Å². The van der Waals surface area contributed by atoms with E-state index in [0.717, 1.165) is 0 Å². The second kappa shape index (κ2) is 14.7. The monoisotopic (exact) mass is 1000 g/mol. The molecule has 3 heteroatoms. The van der Waals surface area contributed by atoms with Gasteiger partial charge in [-0.1, -0.05) is 165 Å². The molecule has 0 N–H and O–H groups in total. The quantitative estimate of drug-likeness (QED) is 0.164. The Bertz CT molecular complexity index is 4990. The van der Waals surface area contributed by atoms with E-state index in [2.05, 4.69) is 263 Å². The van der Waals surface area contributed by atoms with Gasteiger partial charge in [0.1, 0.15) is 0 Å². The van der Waals surface area contributed by atoms with E-state index < -0.39 is 0 Å². The van der Waals surface area contributed by atoms with Crippen molar-refractivity contribution < 1.29 is 0 Å². The van der Waals surface area contributed by atoms with Crippen molar-refractivity contribution in [2.75, 3.05) is 0 Å². The van der Waals surface area contributed by atoms with Crippen LogP contribution in [0, 0.1) is 0 Å². The molecular weight excluding hydrogens is 931 g/mol.